The molecule has 0 aliphatic carbocycles. The van der Waals surface area contributed by atoms with Gasteiger partial charge in [-0.25, -0.2) is 0 Å². The van der Waals surface area contributed by atoms with Crippen LogP contribution in [0, 0.1) is 5.92 Å². The van der Waals surface area contributed by atoms with E-state index < -0.39 is 5.92 Å². The number of halogens is 1. The molecule has 1 saturated heterocycles. The lowest BCUT2D eigenvalue weighted by molar-refractivity contribution is -0.132. The Morgan fingerprint density at radius 3 is 2.77 bits per heavy atom. The van der Waals surface area contributed by atoms with Crippen LogP contribution in [0.15, 0.2) is 24.3 Å². The third-order valence-corrected chi connectivity index (χ3v) is 4.10. The van der Waals surface area contributed by atoms with Gasteiger partial charge < -0.3 is 15.3 Å². The minimum Gasteiger partial charge on any atom is -0.396 e. The summed E-state index contributed by atoms with van der Waals surface area (Å²) in [5.41, 5.74) is 0.762. The van der Waals surface area contributed by atoms with Crippen molar-refractivity contribution in [2.24, 2.45) is 5.92 Å². The first-order chi connectivity index (χ1) is 10.5. The van der Waals surface area contributed by atoms with Crippen molar-refractivity contribution in [3.8, 4) is 0 Å². The topological polar surface area (TPSA) is 69.6 Å². The van der Waals surface area contributed by atoms with Crippen LogP contribution in [0.4, 0.5) is 5.69 Å². The molecule has 0 aromatic heterocycles. The van der Waals surface area contributed by atoms with Crippen molar-refractivity contribution in [3.05, 3.63) is 29.3 Å². The van der Waals surface area contributed by atoms with Gasteiger partial charge in [-0.3, -0.25) is 9.59 Å². The Labute approximate surface area is 135 Å². The lowest BCUT2D eigenvalue weighted by Gasteiger charge is -2.18. The zero-order valence-electron chi connectivity index (χ0n) is 12.6. The predicted molar refractivity (Wildman–Crippen MR) is 85.8 cm³/mol. The summed E-state index contributed by atoms with van der Waals surface area (Å²) >= 11 is 5.85. The molecular weight excluding hydrogens is 304 g/mol. The number of aliphatic hydroxyl groups excluding tert-OH is 1. The summed E-state index contributed by atoms with van der Waals surface area (Å²) in [5.74, 6) is -1.03. The maximum atomic E-state index is 12.4. The van der Waals surface area contributed by atoms with Gasteiger partial charge in [-0.05, 0) is 50.5 Å². The molecule has 0 radical (unpaired) electrons. The highest BCUT2D eigenvalue weighted by atomic mass is 35.5. The third kappa shape index (κ3) is 3.99. The molecule has 1 aliphatic rings. The van der Waals surface area contributed by atoms with Crippen LogP contribution in [0.1, 0.15) is 26.2 Å². The molecule has 1 aliphatic heterocycles. The summed E-state index contributed by atoms with van der Waals surface area (Å²) < 4.78 is 0. The predicted octanol–water partition coefficient (Wildman–Crippen LogP) is 1.97. The lowest BCUT2D eigenvalue weighted by Crippen LogP contribution is -2.40. The molecule has 1 fully saturated rings. The molecule has 1 aromatic rings. The Kier molecular flexibility index (Phi) is 5.80. The first-order valence-electron chi connectivity index (χ1n) is 7.51. The number of aliphatic hydroxyl groups is 1. The Balaban J connectivity index is 1.95. The van der Waals surface area contributed by atoms with Gasteiger partial charge in [-0.1, -0.05) is 11.6 Å². The smallest absolute Gasteiger partial charge is 0.239 e. The zero-order chi connectivity index (χ0) is 16.1. The minimum absolute atomic E-state index is 0.0444. The molecule has 0 spiro atoms. The van der Waals surface area contributed by atoms with Crippen molar-refractivity contribution in [1.82, 2.24) is 5.32 Å². The molecule has 6 heteroatoms. The van der Waals surface area contributed by atoms with Crippen LogP contribution in [0.25, 0.3) is 0 Å². The molecular formula is C16H21ClN2O3. The molecule has 2 N–H and O–H groups in total. The third-order valence-electron chi connectivity index (χ3n) is 3.84. The van der Waals surface area contributed by atoms with Crippen molar-refractivity contribution < 1.29 is 14.7 Å². The second-order valence-electron chi connectivity index (χ2n) is 5.58. The first-order valence-corrected chi connectivity index (χ1v) is 7.89. The van der Waals surface area contributed by atoms with Gasteiger partial charge >= 0.3 is 0 Å². The summed E-state index contributed by atoms with van der Waals surface area (Å²) in [7, 11) is 0. The van der Waals surface area contributed by atoms with E-state index >= 15 is 0 Å². The number of amides is 2. The van der Waals surface area contributed by atoms with E-state index in [0.29, 0.717) is 30.8 Å². The van der Waals surface area contributed by atoms with Gasteiger partial charge in [0.2, 0.25) is 11.8 Å². The largest absolute Gasteiger partial charge is 0.396 e. The minimum atomic E-state index is -0.632. The van der Waals surface area contributed by atoms with Gasteiger partial charge in [-0.2, -0.15) is 0 Å². The standard InChI is InChI=1S/C16H21ClN2O3/c1-11(3-2-10-20)18-15(21)14-8-9-19(16(14)22)13-6-4-12(17)5-7-13/h4-7,11,14,20H,2-3,8-10H2,1H3,(H,18,21). The number of carbonyl (C=O) groups excluding carboxylic acids is 2. The van der Waals surface area contributed by atoms with E-state index in [4.69, 9.17) is 16.7 Å². The van der Waals surface area contributed by atoms with Crippen molar-refractivity contribution in [2.75, 3.05) is 18.1 Å². The second-order valence-corrected chi connectivity index (χ2v) is 6.02. The Morgan fingerprint density at radius 2 is 2.14 bits per heavy atom. The number of anilines is 1. The van der Waals surface area contributed by atoms with Crippen LogP contribution in [-0.4, -0.2) is 36.1 Å². The fraction of sp³-hybridized carbons (Fsp3) is 0.500. The van der Waals surface area contributed by atoms with E-state index in [9.17, 15) is 9.59 Å². The van der Waals surface area contributed by atoms with Gasteiger partial charge in [0.15, 0.2) is 0 Å². The van der Waals surface area contributed by atoms with Crippen LogP contribution in [0.3, 0.4) is 0 Å². The summed E-state index contributed by atoms with van der Waals surface area (Å²) in [6, 6.07) is 6.98. The van der Waals surface area contributed by atoms with Crippen molar-refractivity contribution in [1.29, 1.82) is 0 Å². The summed E-state index contributed by atoms with van der Waals surface area (Å²) in [4.78, 5) is 26.3. The van der Waals surface area contributed by atoms with Crippen molar-refractivity contribution >= 4 is 29.1 Å². The number of hydrogen-bond acceptors (Lipinski definition) is 3. The highest BCUT2D eigenvalue weighted by Crippen LogP contribution is 2.26. The number of carbonyl (C=O) groups is 2. The summed E-state index contributed by atoms with van der Waals surface area (Å²) in [6.07, 6.45) is 1.85. The summed E-state index contributed by atoms with van der Waals surface area (Å²) in [5, 5.41) is 12.3. The second kappa shape index (κ2) is 7.61. The normalized spacial score (nSPS) is 19.3. The van der Waals surface area contributed by atoms with E-state index in [1.807, 2.05) is 6.92 Å². The lowest BCUT2D eigenvalue weighted by atomic mass is 10.1. The van der Waals surface area contributed by atoms with Gasteiger partial charge in [0, 0.05) is 29.9 Å². The van der Waals surface area contributed by atoms with E-state index in [0.717, 1.165) is 5.69 Å². The van der Waals surface area contributed by atoms with Crippen LogP contribution >= 0.6 is 11.6 Å². The fourth-order valence-corrected chi connectivity index (χ4v) is 2.74. The molecule has 2 unspecified atom stereocenters. The molecule has 22 heavy (non-hydrogen) atoms. The van der Waals surface area contributed by atoms with Crippen LogP contribution in [-0.2, 0) is 9.59 Å². The van der Waals surface area contributed by atoms with Crippen LogP contribution < -0.4 is 10.2 Å². The van der Waals surface area contributed by atoms with Crippen LogP contribution in [0.5, 0.6) is 0 Å². The van der Waals surface area contributed by atoms with Crippen LogP contribution in [0.2, 0.25) is 5.02 Å². The first kappa shape index (κ1) is 16.8. The van der Waals surface area contributed by atoms with E-state index in [2.05, 4.69) is 5.32 Å². The number of nitrogens with one attached hydrogen (secondary N) is 1. The average molecular weight is 325 g/mol. The van der Waals surface area contributed by atoms with Gasteiger partial charge in [0.1, 0.15) is 5.92 Å². The number of benzene rings is 1. The quantitative estimate of drug-likeness (QED) is 0.786. The zero-order valence-corrected chi connectivity index (χ0v) is 13.3. The van der Waals surface area contributed by atoms with E-state index in [-0.39, 0.29) is 24.5 Å². The molecule has 0 bridgehead atoms. The maximum Gasteiger partial charge on any atom is 0.239 e. The molecule has 0 saturated carbocycles. The monoisotopic (exact) mass is 324 g/mol. The number of hydrogen-bond donors (Lipinski definition) is 2. The molecule has 120 valence electrons. The Bertz CT molecular complexity index is 533. The Morgan fingerprint density at radius 1 is 1.45 bits per heavy atom. The molecule has 1 heterocycles. The highest BCUT2D eigenvalue weighted by Gasteiger charge is 2.37. The van der Waals surface area contributed by atoms with E-state index in [1.165, 1.54) is 0 Å². The van der Waals surface area contributed by atoms with E-state index in [1.54, 1.807) is 29.2 Å². The molecule has 1 aromatic carbocycles. The van der Waals surface area contributed by atoms with Crippen molar-refractivity contribution in [2.45, 2.75) is 32.2 Å². The molecule has 2 rings (SSSR count). The van der Waals surface area contributed by atoms with Gasteiger partial charge in [0.25, 0.3) is 0 Å². The average Bonchev–Trinajstić information content (AvgIpc) is 2.88. The molecule has 5 nitrogen and oxygen atoms in total. The Hall–Kier alpha value is -1.59. The molecule has 2 atom stereocenters. The van der Waals surface area contributed by atoms with Gasteiger partial charge in [0.05, 0.1) is 0 Å². The number of nitrogens with zero attached hydrogens (tertiary/aromatic N) is 1. The van der Waals surface area contributed by atoms with Gasteiger partial charge in [-0.15, -0.1) is 0 Å². The maximum absolute atomic E-state index is 12.4. The SMILES string of the molecule is CC(CCCO)NC(=O)C1CCN(c2ccc(Cl)cc2)C1=O. The van der Waals surface area contributed by atoms with Crippen molar-refractivity contribution in [3.63, 3.8) is 0 Å². The molecule has 2 amide bonds. The summed E-state index contributed by atoms with van der Waals surface area (Å²) in [6.45, 7) is 2.51. The fourth-order valence-electron chi connectivity index (χ4n) is 2.61. The number of rotatable bonds is 6. The highest BCUT2D eigenvalue weighted by molar-refractivity contribution is 6.30.